The summed E-state index contributed by atoms with van der Waals surface area (Å²) in [6, 6.07) is 13.0. The second-order valence-electron chi connectivity index (χ2n) is 6.30. The standard InChI is InChI=1S/C19H17ClN4O2/c1-26-15-5-2-13(3-6-15)19(8-9-19)23-18(25)16-10-14(4-7-17(16)20)24-11-21-22-12-24/h2-7,10-12H,8-9H2,1H3,(H,23,25). The van der Waals surface area contributed by atoms with Gasteiger partial charge < -0.3 is 10.1 Å². The van der Waals surface area contributed by atoms with Gasteiger partial charge in [-0.2, -0.15) is 0 Å². The van der Waals surface area contributed by atoms with Crippen molar-refractivity contribution in [2.24, 2.45) is 0 Å². The van der Waals surface area contributed by atoms with Crippen LogP contribution in [0.1, 0.15) is 28.8 Å². The molecule has 1 fully saturated rings. The third-order valence-corrected chi connectivity index (χ3v) is 4.99. The van der Waals surface area contributed by atoms with Crippen LogP contribution < -0.4 is 10.1 Å². The Morgan fingerprint density at radius 3 is 2.46 bits per heavy atom. The third kappa shape index (κ3) is 3.04. The Labute approximate surface area is 155 Å². The number of methoxy groups -OCH3 is 1. The number of amides is 1. The summed E-state index contributed by atoms with van der Waals surface area (Å²) in [5.74, 6) is 0.596. The minimum Gasteiger partial charge on any atom is -0.497 e. The zero-order valence-corrected chi connectivity index (χ0v) is 14.9. The first kappa shape index (κ1) is 16.6. The van der Waals surface area contributed by atoms with Crippen LogP contribution in [0.5, 0.6) is 5.75 Å². The molecule has 4 rings (SSSR count). The largest absolute Gasteiger partial charge is 0.497 e. The van der Waals surface area contributed by atoms with E-state index in [1.807, 2.05) is 30.3 Å². The van der Waals surface area contributed by atoms with Crippen molar-refractivity contribution in [2.75, 3.05) is 7.11 Å². The summed E-state index contributed by atoms with van der Waals surface area (Å²) in [6.45, 7) is 0. The van der Waals surface area contributed by atoms with E-state index in [1.165, 1.54) is 0 Å². The first-order valence-electron chi connectivity index (χ1n) is 8.23. The van der Waals surface area contributed by atoms with Crippen LogP contribution in [0, 0.1) is 0 Å². The van der Waals surface area contributed by atoms with Gasteiger partial charge in [0.25, 0.3) is 5.91 Å². The van der Waals surface area contributed by atoms with E-state index in [2.05, 4.69) is 15.5 Å². The van der Waals surface area contributed by atoms with E-state index in [0.29, 0.717) is 10.6 Å². The SMILES string of the molecule is COc1ccc(C2(NC(=O)c3cc(-n4cnnc4)ccc3Cl)CC2)cc1. The lowest BCUT2D eigenvalue weighted by atomic mass is 10.0. The van der Waals surface area contributed by atoms with E-state index < -0.39 is 0 Å². The Morgan fingerprint density at radius 2 is 1.85 bits per heavy atom. The number of benzene rings is 2. The third-order valence-electron chi connectivity index (χ3n) is 4.66. The maximum absolute atomic E-state index is 12.9. The Hall–Kier alpha value is -2.86. The van der Waals surface area contributed by atoms with Gasteiger partial charge in [0.1, 0.15) is 18.4 Å². The highest BCUT2D eigenvalue weighted by Crippen LogP contribution is 2.46. The lowest BCUT2D eigenvalue weighted by molar-refractivity contribution is 0.0931. The minimum absolute atomic E-state index is 0.196. The van der Waals surface area contributed by atoms with E-state index >= 15 is 0 Å². The molecule has 1 aliphatic carbocycles. The Bertz CT molecular complexity index is 935. The molecular weight excluding hydrogens is 352 g/mol. The second kappa shape index (κ2) is 6.46. The molecule has 0 spiro atoms. The van der Waals surface area contributed by atoms with Gasteiger partial charge in [0, 0.05) is 5.69 Å². The normalized spacial score (nSPS) is 14.7. The van der Waals surface area contributed by atoms with Gasteiger partial charge in [-0.3, -0.25) is 9.36 Å². The molecule has 1 heterocycles. The van der Waals surface area contributed by atoms with Crippen molar-refractivity contribution in [3.63, 3.8) is 0 Å². The summed E-state index contributed by atoms with van der Waals surface area (Å²) >= 11 is 6.27. The molecule has 0 radical (unpaired) electrons. The number of nitrogens with one attached hydrogen (secondary N) is 1. The van der Waals surface area contributed by atoms with Crippen molar-refractivity contribution < 1.29 is 9.53 Å². The molecule has 2 aromatic carbocycles. The van der Waals surface area contributed by atoms with Gasteiger partial charge in [0.15, 0.2) is 0 Å². The number of ether oxygens (including phenoxy) is 1. The molecular formula is C19H17ClN4O2. The average Bonchev–Trinajstić information content (AvgIpc) is 3.23. The van der Waals surface area contributed by atoms with Crippen LogP contribution in [-0.4, -0.2) is 27.8 Å². The van der Waals surface area contributed by atoms with Crippen molar-refractivity contribution in [1.29, 1.82) is 0 Å². The Kier molecular flexibility index (Phi) is 4.12. The lowest BCUT2D eigenvalue weighted by Crippen LogP contribution is -2.35. The number of carbonyl (C=O) groups excluding carboxylic acids is 1. The molecule has 1 aromatic heterocycles. The van der Waals surface area contributed by atoms with Crippen molar-refractivity contribution in [1.82, 2.24) is 20.1 Å². The molecule has 7 heteroatoms. The summed E-state index contributed by atoms with van der Waals surface area (Å²) in [5, 5.41) is 11.1. The number of rotatable bonds is 5. The molecule has 1 saturated carbocycles. The van der Waals surface area contributed by atoms with Gasteiger partial charge in [-0.15, -0.1) is 10.2 Å². The van der Waals surface area contributed by atoms with Gasteiger partial charge in [-0.05, 0) is 48.7 Å². The van der Waals surface area contributed by atoms with Gasteiger partial charge in [-0.1, -0.05) is 23.7 Å². The fourth-order valence-corrected chi connectivity index (χ4v) is 3.19. The van der Waals surface area contributed by atoms with Crippen LogP contribution in [0.25, 0.3) is 5.69 Å². The zero-order valence-electron chi connectivity index (χ0n) is 14.1. The maximum atomic E-state index is 12.9. The monoisotopic (exact) mass is 368 g/mol. The van der Waals surface area contributed by atoms with E-state index in [-0.39, 0.29) is 11.4 Å². The summed E-state index contributed by atoms with van der Waals surface area (Å²) in [5.41, 5.74) is 1.94. The van der Waals surface area contributed by atoms with Gasteiger partial charge in [0.2, 0.25) is 0 Å². The quantitative estimate of drug-likeness (QED) is 0.749. The predicted molar refractivity (Wildman–Crippen MR) is 97.7 cm³/mol. The molecule has 1 N–H and O–H groups in total. The fraction of sp³-hybridized carbons (Fsp3) is 0.211. The van der Waals surface area contributed by atoms with Crippen molar-refractivity contribution in [3.05, 3.63) is 71.3 Å². The molecule has 3 aromatic rings. The lowest BCUT2D eigenvalue weighted by Gasteiger charge is -2.19. The van der Waals surface area contributed by atoms with Crippen LogP contribution in [0.15, 0.2) is 55.1 Å². The smallest absolute Gasteiger partial charge is 0.253 e. The van der Waals surface area contributed by atoms with Crippen LogP contribution in [0.4, 0.5) is 0 Å². The van der Waals surface area contributed by atoms with Gasteiger partial charge in [0.05, 0.1) is 23.2 Å². The summed E-state index contributed by atoms with van der Waals surface area (Å²) in [4.78, 5) is 12.9. The van der Waals surface area contributed by atoms with Crippen LogP contribution in [0.2, 0.25) is 5.02 Å². The molecule has 0 saturated heterocycles. The van der Waals surface area contributed by atoms with Crippen LogP contribution >= 0.6 is 11.6 Å². The molecule has 6 nitrogen and oxygen atoms in total. The predicted octanol–water partition coefficient (Wildman–Crippen LogP) is 3.35. The van der Waals surface area contributed by atoms with Crippen molar-refractivity contribution in [3.8, 4) is 11.4 Å². The highest BCUT2D eigenvalue weighted by Gasteiger charge is 2.45. The van der Waals surface area contributed by atoms with Crippen molar-refractivity contribution in [2.45, 2.75) is 18.4 Å². The highest BCUT2D eigenvalue weighted by atomic mass is 35.5. The number of hydrogen-bond acceptors (Lipinski definition) is 4. The molecule has 26 heavy (non-hydrogen) atoms. The Balaban J connectivity index is 1.59. The van der Waals surface area contributed by atoms with E-state index in [4.69, 9.17) is 16.3 Å². The summed E-state index contributed by atoms with van der Waals surface area (Å²) in [6.07, 6.45) is 4.94. The summed E-state index contributed by atoms with van der Waals surface area (Å²) < 4.78 is 6.93. The molecule has 0 bridgehead atoms. The first-order valence-corrected chi connectivity index (χ1v) is 8.61. The number of aromatic nitrogens is 3. The zero-order chi connectivity index (χ0) is 18.1. The van der Waals surface area contributed by atoms with E-state index in [0.717, 1.165) is 29.8 Å². The topological polar surface area (TPSA) is 69.0 Å². The second-order valence-corrected chi connectivity index (χ2v) is 6.71. The van der Waals surface area contributed by atoms with Crippen LogP contribution in [0.3, 0.4) is 0 Å². The minimum atomic E-state index is -0.334. The molecule has 1 amide bonds. The molecule has 1 aliphatic rings. The molecule has 0 aliphatic heterocycles. The number of hydrogen-bond donors (Lipinski definition) is 1. The van der Waals surface area contributed by atoms with E-state index in [9.17, 15) is 4.79 Å². The van der Waals surface area contributed by atoms with Crippen molar-refractivity contribution >= 4 is 17.5 Å². The van der Waals surface area contributed by atoms with E-state index in [1.54, 1.807) is 36.5 Å². The number of carbonyl (C=O) groups is 1. The molecule has 0 unspecified atom stereocenters. The maximum Gasteiger partial charge on any atom is 0.253 e. The molecule has 0 atom stereocenters. The van der Waals surface area contributed by atoms with Gasteiger partial charge in [-0.25, -0.2) is 0 Å². The summed E-state index contributed by atoms with van der Waals surface area (Å²) in [7, 11) is 1.63. The number of nitrogens with zero attached hydrogens (tertiary/aromatic N) is 3. The fourth-order valence-electron chi connectivity index (χ4n) is 2.99. The first-order chi connectivity index (χ1) is 12.6. The van der Waals surface area contributed by atoms with Gasteiger partial charge >= 0.3 is 0 Å². The number of halogens is 1. The highest BCUT2D eigenvalue weighted by molar-refractivity contribution is 6.34. The van der Waals surface area contributed by atoms with Crippen LogP contribution in [-0.2, 0) is 5.54 Å². The Morgan fingerprint density at radius 1 is 1.15 bits per heavy atom. The average molecular weight is 369 g/mol. The molecule has 132 valence electrons.